The fraction of sp³-hybridized carbons (Fsp3) is 0.450. The fourth-order valence-electron chi connectivity index (χ4n) is 3.38. The predicted molar refractivity (Wildman–Crippen MR) is 106 cm³/mol. The zero-order chi connectivity index (χ0) is 19.1. The molecule has 0 unspecified atom stereocenters. The van der Waals surface area contributed by atoms with Crippen molar-refractivity contribution in [3.05, 3.63) is 35.5 Å². The number of hydrogen-bond donors (Lipinski definition) is 2. The Morgan fingerprint density at radius 3 is 2.59 bits per heavy atom. The lowest BCUT2D eigenvalue weighted by Crippen LogP contribution is -2.45. The van der Waals surface area contributed by atoms with Crippen LogP contribution in [0, 0.1) is 13.8 Å². The lowest BCUT2D eigenvalue weighted by molar-refractivity contribution is -0.117. The number of hydrogen-bond acceptors (Lipinski definition) is 6. The monoisotopic (exact) mass is 367 g/mol. The van der Waals surface area contributed by atoms with Gasteiger partial charge in [0.05, 0.1) is 5.69 Å². The molecule has 1 saturated carbocycles. The molecule has 1 aromatic heterocycles. The van der Waals surface area contributed by atoms with Gasteiger partial charge in [-0.3, -0.25) is 4.79 Å². The number of aryl methyl sites for hydroxylation is 2. The second kappa shape index (κ2) is 6.72. The van der Waals surface area contributed by atoms with E-state index >= 15 is 0 Å². The van der Waals surface area contributed by atoms with E-state index in [9.17, 15) is 4.79 Å². The maximum absolute atomic E-state index is 12.0. The van der Waals surface area contributed by atoms with Crippen molar-refractivity contribution in [2.75, 3.05) is 22.6 Å². The minimum Gasteiger partial charge on any atom is -0.490 e. The number of benzene rings is 1. The molecule has 142 valence electrons. The van der Waals surface area contributed by atoms with Gasteiger partial charge in [0, 0.05) is 25.9 Å². The molecule has 4 rings (SSSR count). The van der Waals surface area contributed by atoms with E-state index in [2.05, 4.69) is 39.7 Å². The molecule has 1 aromatic carbocycles. The van der Waals surface area contributed by atoms with E-state index < -0.39 is 0 Å². The van der Waals surface area contributed by atoms with Gasteiger partial charge in [-0.1, -0.05) is 17.7 Å². The van der Waals surface area contributed by atoms with Crippen LogP contribution >= 0.6 is 0 Å². The van der Waals surface area contributed by atoms with Crippen molar-refractivity contribution in [3.8, 4) is 5.75 Å². The molecular formula is C20H25N5O2. The van der Waals surface area contributed by atoms with Crippen molar-refractivity contribution in [2.45, 2.75) is 51.8 Å². The Balaban J connectivity index is 1.39. The average molecular weight is 367 g/mol. The van der Waals surface area contributed by atoms with Crippen LogP contribution in [0.2, 0.25) is 0 Å². The second-order valence-corrected chi connectivity index (χ2v) is 7.47. The Bertz CT molecular complexity index is 861. The van der Waals surface area contributed by atoms with E-state index in [0.717, 1.165) is 30.1 Å². The van der Waals surface area contributed by atoms with E-state index in [1.807, 2.05) is 37.9 Å². The molecule has 0 bridgehead atoms. The van der Waals surface area contributed by atoms with Crippen molar-refractivity contribution in [2.24, 2.45) is 0 Å². The van der Waals surface area contributed by atoms with Gasteiger partial charge in [0.15, 0.2) is 5.82 Å². The quantitative estimate of drug-likeness (QED) is 0.865. The van der Waals surface area contributed by atoms with Gasteiger partial charge in [-0.05, 0) is 32.9 Å². The van der Waals surface area contributed by atoms with E-state index in [0.29, 0.717) is 17.7 Å². The van der Waals surface area contributed by atoms with Crippen LogP contribution in [0.15, 0.2) is 24.3 Å². The first-order chi connectivity index (χ1) is 12.9. The van der Waals surface area contributed by atoms with Gasteiger partial charge >= 0.3 is 0 Å². The van der Waals surface area contributed by atoms with Crippen LogP contribution in [-0.2, 0) is 4.79 Å². The zero-order valence-electron chi connectivity index (χ0n) is 16.1. The number of nitrogens with one attached hydrogen (secondary N) is 2. The zero-order valence-corrected chi connectivity index (χ0v) is 16.1. The molecule has 1 aliphatic heterocycles. The summed E-state index contributed by atoms with van der Waals surface area (Å²) in [5, 5.41) is 6.30. The Morgan fingerprint density at radius 1 is 1.19 bits per heavy atom. The lowest BCUT2D eigenvalue weighted by atomic mass is 9.89. The van der Waals surface area contributed by atoms with Gasteiger partial charge in [0.1, 0.15) is 23.6 Å². The number of nitrogens with zero attached hydrogens (tertiary/aromatic N) is 3. The van der Waals surface area contributed by atoms with Crippen LogP contribution in [0.3, 0.4) is 0 Å². The standard InChI is InChI=1S/C20H25N5O2/c1-11-5-7-15(8-6-11)27-16-9-14(10-16)22-20-21-12(2)17-18(24-20)25(4)13(3)19(26)23-17/h5-8,13-14,16H,9-10H2,1-4H3,(H,23,26)(H,21,22,24)/t13-,14-,16-/m0/s1. The summed E-state index contributed by atoms with van der Waals surface area (Å²) < 4.78 is 5.99. The number of aromatic nitrogens is 2. The number of rotatable bonds is 4. The number of ether oxygens (including phenoxy) is 1. The first-order valence-electron chi connectivity index (χ1n) is 9.33. The first kappa shape index (κ1) is 17.6. The molecule has 2 aliphatic rings. The molecule has 1 amide bonds. The van der Waals surface area contributed by atoms with Crippen LogP contribution in [0.5, 0.6) is 5.75 Å². The van der Waals surface area contributed by atoms with E-state index in [-0.39, 0.29) is 18.1 Å². The van der Waals surface area contributed by atoms with E-state index in [1.54, 1.807) is 0 Å². The molecule has 2 N–H and O–H groups in total. The van der Waals surface area contributed by atoms with Gasteiger partial charge in [0.2, 0.25) is 11.9 Å². The van der Waals surface area contributed by atoms with Gasteiger partial charge in [-0.15, -0.1) is 0 Å². The molecule has 27 heavy (non-hydrogen) atoms. The maximum atomic E-state index is 12.0. The summed E-state index contributed by atoms with van der Waals surface area (Å²) >= 11 is 0. The highest BCUT2D eigenvalue weighted by Gasteiger charge is 2.33. The normalized spacial score (nSPS) is 23.9. The van der Waals surface area contributed by atoms with Crippen molar-refractivity contribution < 1.29 is 9.53 Å². The second-order valence-electron chi connectivity index (χ2n) is 7.47. The Labute approximate surface area is 159 Å². The Morgan fingerprint density at radius 2 is 1.89 bits per heavy atom. The third kappa shape index (κ3) is 3.41. The molecule has 2 heterocycles. The van der Waals surface area contributed by atoms with E-state index in [4.69, 9.17) is 4.74 Å². The van der Waals surface area contributed by atoms with Gasteiger partial charge in [-0.2, -0.15) is 4.98 Å². The number of fused-ring (bicyclic) bond motifs is 1. The number of likely N-dealkylation sites (N-methyl/N-ethyl adjacent to an activating group) is 1. The Hall–Kier alpha value is -2.83. The summed E-state index contributed by atoms with van der Waals surface area (Å²) in [6.07, 6.45) is 2.04. The molecule has 0 spiro atoms. The van der Waals surface area contributed by atoms with Gasteiger partial charge in [-0.25, -0.2) is 4.98 Å². The molecule has 1 fully saturated rings. The highest BCUT2D eigenvalue weighted by molar-refractivity contribution is 6.03. The molecular weight excluding hydrogens is 342 g/mol. The highest BCUT2D eigenvalue weighted by atomic mass is 16.5. The Kier molecular flexibility index (Phi) is 4.37. The molecule has 1 atom stereocenters. The summed E-state index contributed by atoms with van der Waals surface area (Å²) in [7, 11) is 1.88. The van der Waals surface area contributed by atoms with Crippen LogP contribution in [0.1, 0.15) is 31.0 Å². The third-order valence-electron chi connectivity index (χ3n) is 5.37. The fourth-order valence-corrected chi connectivity index (χ4v) is 3.38. The minimum atomic E-state index is -0.254. The summed E-state index contributed by atoms with van der Waals surface area (Å²) in [6, 6.07) is 8.18. The van der Waals surface area contributed by atoms with E-state index in [1.165, 1.54) is 5.56 Å². The molecule has 7 heteroatoms. The first-order valence-corrected chi connectivity index (χ1v) is 9.33. The molecule has 2 aromatic rings. The van der Waals surface area contributed by atoms with Crippen LogP contribution in [0.25, 0.3) is 0 Å². The molecule has 0 saturated heterocycles. The van der Waals surface area contributed by atoms with Crippen molar-refractivity contribution in [1.82, 2.24) is 9.97 Å². The van der Waals surface area contributed by atoms with Gasteiger partial charge < -0.3 is 20.3 Å². The number of amides is 1. The van der Waals surface area contributed by atoms with Crippen LogP contribution in [0.4, 0.5) is 17.5 Å². The van der Waals surface area contributed by atoms with Crippen molar-refractivity contribution in [1.29, 1.82) is 0 Å². The molecule has 7 nitrogen and oxygen atoms in total. The SMILES string of the molecule is Cc1ccc(O[C@H]2C[C@H](Nc3nc(C)c4c(n3)N(C)[C@@H](C)C(=O)N4)C2)cc1. The average Bonchev–Trinajstić information content (AvgIpc) is 2.61. The number of carbonyl (C=O) groups is 1. The minimum absolute atomic E-state index is 0.0347. The van der Waals surface area contributed by atoms with Crippen molar-refractivity contribution >= 4 is 23.4 Å². The predicted octanol–water partition coefficient (Wildman–Crippen LogP) is 2.89. The highest BCUT2D eigenvalue weighted by Crippen LogP contribution is 2.33. The largest absolute Gasteiger partial charge is 0.490 e. The topological polar surface area (TPSA) is 79.4 Å². The van der Waals surface area contributed by atoms with Crippen molar-refractivity contribution in [3.63, 3.8) is 0 Å². The molecule has 1 aliphatic carbocycles. The smallest absolute Gasteiger partial charge is 0.246 e. The summed E-state index contributed by atoms with van der Waals surface area (Å²) in [6.45, 7) is 5.82. The summed E-state index contributed by atoms with van der Waals surface area (Å²) in [5.41, 5.74) is 2.69. The van der Waals surface area contributed by atoms with Gasteiger partial charge in [0.25, 0.3) is 0 Å². The van der Waals surface area contributed by atoms with Crippen LogP contribution in [-0.4, -0.2) is 41.1 Å². The summed E-state index contributed by atoms with van der Waals surface area (Å²) in [5.74, 6) is 2.23. The molecule has 0 radical (unpaired) electrons. The number of anilines is 3. The lowest BCUT2D eigenvalue weighted by Gasteiger charge is -2.37. The van der Waals surface area contributed by atoms with Crippen LogP contribution < -0.4 is 20.3 Å². The third-order valence-corrected chi connectivity index (χ3v) is 5.37. The summed E-state index contributed by atoms with van der Waals surface area (Å²) in [4.78, 5) is 23.0. The number of carbonyl (C=O) groups excluding carboxylic acids is 1. The maximum Gasteiger partial charge on any atom is 0.246 e.